The topological polar surface area (TPSA) is 155 Å². The number of benzene rings is 1. The lowest BCUT2D eigenvalue weighted by atomic mass is 10.1. The van der Waals surface area contributed by atoms with Crippen molar-refractivity contribution in [3.05, 3.63) is 59.4 Å². The number of aliphatic hydroxyl groups excluding tert-OH is 1. The lowest BCUT2D eigenvalue weighted by Crippen LogP contribution is -2.31. The van der Waals surface area contributed by atoms with Crippen LogP contribution in [0.5, 0.6) is 0 Å². The molecule has 0 saturated carbocycles. The van der Waals surface area contributed by atoms with Gasteiger partial charge < -0.3 is 15.7 Å². The zero-order chi connectivity index (χ0) is 23.7. The summed E-state index contributed by atoms with van der Waals surface area (Å²) in [6.07, 6.45) is 1.52. The van der Waals surface area contributed by atoms with Crippen LogP contribution in [0.1, 0.15) is 40.3 Å². The summed E-state index contributed by atoms with van der Waals surface area (Å²) < 4.78 is 27.2. The number of hydrogen-bond donors (Lipinski definition) is 4. The summed E-state index contributed by atoms with van der Waals surface area (Å²) in [5.41, 5.74) is 0.666. The molecule has 0 saturated heterocycles. The fourth-order valence-electron chi connectivity index (χ4n) is 2.56. The second-order valence-electron chi connectivity index (χ2n) is 7.19. The third-order valence-electron chi connectivity index (χ3n) is 4.33. The van der Waals surface area contributed by atoms with Gasteiger partial charge in [-0.05, 0) is 36.2 Å². The zero-order valence-electron chi connectivity index (χ0n) is 17.8. The van der Waals surface area contributed by atoms with Crippen LogP contribution in [-0.4, -0.2) is 55.9 Å². The minimum absolute atomic E-state index is 0.0233. The Morgan fingerprint density at radius 1 is 1.03 bits per heavy atom. The largest absolute Gasteiger partial charge is 0.395 e. The molecule has 2 rings (SSSR count). The van der Waals surface area contributed by atoms with E-state index in [1.54, 1.807) is 26.0 Å². The maximum absolute atomic E-state index is 12.6. The highest BCUT2D eigenvalue weighted by Gasteiger charge is 2.20. The molecule has 0 spiro atoms. The Morgan fingerprint density at radius 2 is 1.78 bits per heavy atom. The fraction of sp³-hybridized carbons (Fsp3) is 0.333. The van der Waals surface area contributed by atoms with Crippen LogP contribution >= 0.6 is 0 Å². The Kier molecular flexibility index (Phi) is 8.85. The molecule has 0 fully saturated rings. The molecule has 11 heteroatoms. The molecule has 0 unspecified atom stereocenters. The average molecular weight is 463 g/mol. The predicted octanol–water partition coefficient (Wildman–Crippen LogP) is 0.237. The van der Waals surface area contributed by atoms with Crippen LogP contribution in [0, 0.1) is 5.92 Å². The maximum atomic E-state index is 12.6. The van der Waals surface area contributed by atoms with E-state index in [9.17, 15) is 22.8 Å². The Balaban J connectivity index is 2.03. The van der Waals surface area contributed by atoms with E-state index in [0.29, 0.717) is 18.5 Å². The van der Waals surface area contributed by atoms with Crippen molar-refractivity contribution in [2.24, 2.45) is 5.92 Å². The quantitative estimate of drug-likeness (QED) is 0.394. The van der Waals surface area contributed by atoms with Gasteiger partial charge in [0.15, 0.2) is 0 Å². The molecule has 0 aliphatic carbocycles. The monoisotopic (exact) mass is 462 g/mol. The zero-order valence-corrected chi connectivity index (χ0v) is 18.6. The molecule has 1 aromatic heterocycles. The Hall–Kier alpha value is -3.31. The van der Waals surface area contributed by atoms with Crippen LogP contribution in [-0.2, 0) is 21.2 Å². The molecule has 0 bridgehead atoms. The molecule has 4 N–H and O–H groups in total. The van der Waals surface area contributed by atoms with Crippen LogP contribution in [0.25, 0.3) is 0 Å². The molecule has 32 heavy (non-hydrogen) atoms. The second-order valence-corrected chi connectivity index (χ2v) is 8.87. The molecule has 0 aliphatic rings. The molecule has 10 nitrogen and oxygen atoms in total. The lowest BCUT2D eigenvalue weighted by molar-refractivity contribution is -0.123. The second kappa shape index (κ2) is 11.3. The Morgan fingerprint density at radius 3 is 2.41 bits per heavy atom. The van der Waals surface area contributed by atoms with Gasteiger partial charge in [-0.1, -0.05) is 26.0 Å². The summed E-state index contributed by atoms with van der Waals surface area (Å²) >= 11 is 0. The third kappa shape index (κ3) is 7.13. The fourth-order valence-corrected chi connectivity index (χ4v) is 3.61. The van der Waals surface area contributed by atoms with E-state index in [1.807, 2.05) is 4.72 Å². The van der Waals surface area contributed by atoms with E-state index in [0.717, 1.165) is 6.20 Å². The average Bonchev–Trinajstić information content (AvgIpc) is 2.77. The normalized spacial score (nSPS) is 11.1. The number of carbonyl (C=O) groups is 3. The van der Waals surface area contributed by atoms with Gasteiger partial charge in [-0.25, -0.2) is 13.1 Å². The van der Waals surface area contributed by atoms with E-state index < -0.39 is 21.8 Å². The minimum atomic E-state index is -4.15. The molecule has 1 aromatic carbocycles. The molecule has 172 valence electrons. The number of hydrogen-bond acceptors (Lipinski definition) is 7. The summed E-state index contributed by atoms with van der Waals surface area (Å²) in [7, 11) is -4.15. The third-order valence-corrected chi connectivity index (χ3v) is 5.66. The Bertz CT molecular complexity index is 1070. The van der Waals surface area contributed by atoms with Crippen molar-refractivity contribution in [1.82, 2.24) is 20.3 Å². The van der Waals surface area contributed by atoms with Gasteiger partial charge in [-0.15, -0.1) is 0 Å². The number of nitrogens with one attached hydrogen (secondary N) is 3. The number of nitrogens with zero attached hydrogens (tertiary/aromatic N) is 1. The van der Waals surface area contributed by atoms with Gasteiger partial charge in [-0.3, -0.25) is 19.4 Å². The van der Waals surface area contributed by atoms with Crippen molar-refractivity contribution in [3.63, 3.8) is 0 Å². The molecular formula is C21H26N4O6S. The summed E-state index contributed by atoms with van der Waals surface area (Å²) in [6.45, 7) is 3.75. The van der Waals surface area contributed by atoms with Gasteiger partial charge >= 0.3 is 0 Å². The number of carbonyl (C=O) groups excluding carboxylic acids is 3. The van der Waals surface area contributed by atoms with Crippen molar-refractivity contribution >= 4 is 27.7 Å². The first kappa shape index (κ1) is 25.0. The molecule has 0 radical (unpaired) electrons. The molecule has 0 aliphatic heterocycles. The van der Waals surface area contributed by atoms with Crippen molar-refractivity contribution < 1.29 is 27.9 Å². The SMILES string of the molecule is CC(C)C(=O)NCCc1cccc(S(=O)(=O)NC(=O)c2ccc(C(=O)NCCO)nc2)c1. The van der Waals surface area contributed by atoms with Crippen molar-refractivity contribution in [2.45, 2.75) is 25.2 Å². The first-order valence-electron chi connectivity index (χ1n) is 9.93. The summed E-state index contributed by atoms with van der Waals surface area (Å²) in [6, 6.07) is 8.63. The van der Waals surface area contributed by atoms with E-state index in [4.69, 9.17) is 5.11 Å². The van der Waals surface area contributed by atoms with Gasteiger partial charge in [0.1, 0.15) is 5.69 Å². The molecule has 0 atom stereocenters. The molecule has 3 amide bonds. The van der Waals surface area contributed by atoms with Gasteiger partial charge in [0.25, 0.3) is 21.8 Å². The highest BCUT2D eigenvalue weighted by atomic mass is 32.2. The van der Waals surface area contributed by atoms with Gasteiger partial charge in [-0.2, -0.15) is 0 Å². The number of pyridine rings is 1. The van der Waals surface area contributed by atoms with Crippen LogP contribution < -0.4 is 15.4 Å². The van der Waals surface area contributed by atoms with Gasteiger partial charge in [0.2, 0.25) is 5.91 Å². The lowest BCUT2D eigenvalue weighted by Gasteiger charge is -2.10. The van der Waals surface area contributed by atoms with E-state index in [2.05, 4.69) is 15.6 Å². The van der Waals surface area contributed by atoms with Crippen molar-refractivity contribution in [1.29, 1.82) is 0 Å². The van der Waals surface area contributed by atoms with Crippen LogP contribution in [0.3, 0.4) is 0 Å². The van der Waals surface area contributed by atoms with Crippen LogP contribution in [0.15, 0.2) is 47.5 Å². The first-order chi connectivity index (χ1) is 15.1. The summed E-state index contributed by atoms with van der Waals surface area (Å²) in [4.78, 5) is 39.5. The van der Waals surface area contributed by atoms with Gasteiger partial charge in [0.05, 0.1) is 17.1 Å². The van der Waals surface area contributed by atoms with Crippen molar-refractivity contribution in [2.75, 3.05) is 19.7 Å². The Labute approximate surface area is 186 Å². The number of amides is 3. The minimum Gasteiger partial charge on any atom is -0.395 e. The number of aromatic nitrogens is 1. The summed E-state index contributed by atoms with van der Waals surface area (Å²) in [5, 5.41) is 13.9. The number of aliphatic hydroxyl groups is 1. The maximum Gasteiger partial charge on any atom is 0.269 e. The van der Waals surface area contributed by atoms with Crippen molar-refractivity contribution in [3.8, 4) is 0 Å². The number of sulfonamides is 1. The summed E-state index contributed by atoms with van der Waals surface area (Å²) in [5.74, 6) is -1.66. The van der Waals surface area contributed by atoms with E-state index in [-0.39, 0.29) is 41.1 Å². The first-order valence-corrected chi connectivity index (χ1v) is 11.4. The van der Waals surface area contributed by atoms with E-state index in [1.165, 1.54) is 24.3 Å². The smallest absolute Gasteiger partial charge is 0.269 e. The highest BCUT2D eigenvalue weighted by Crippen LogP contribution is 2.13. The highest BCUT2D eigenvalue weighted by molar-refractivity contribution is 7.90. The molecule has 1 heterocycles. The number of rotatable bonds is 10. The van der Waals surface area contributed by atoms with Gasteiger partial charge in [0, 0.05) is 25.2 Å². The molecule has 2 aromatic rings. The molecular weight excluding hydrogens is 436 g/mol. The predicted molar refractivity (Wildman–Crippen MR) is 116 cm³/mol. The van der Waals surface area contributed by atoms with E-state index >= 15 is 0 Å². The van der Waals surface area contributed by atoms with Crippen LogP contribution in [0.4, 0.5) is 0 Å². The van der Waals surface area contributed by atoms with Crippen LogP contribution in [0.2, 0.25) is 0 Å². The standard InChI is InChI=1S/C21H26N4O6S/c1-14(2)19(27)22-9-8-15-4-3-5-17(12-15)32(30,31)25-20(28)16-6-7-18(24-13-16)21(29)23-10-11-26/h3-7,12-14,26H,8-11H2,1-2H3,(H,22,27)(H,23,29)(H,25,28).